The first kappa shape index (κ1) is 16.3. The molecule has 1 unspecified atom stereocenters. The van der Waals surface area contributed by atoms with Crippen molar-refractivity contribution in [1.29, 1.82) is 0 Å². The summed E-state index contributed by atoms with van der Waals surface area (Å²) in [6, 6.07) is 2.37. The highest BCUT2D eigenvalue weighted by molar-refractivity contribution is 7.98. The normalized spacial score (nSPS) is 13.0. The Kier molecular flexibility index (Phi) is 4.74. The van der Waals surface area contributed by atoms with Gasteiger partial charge in [-0.3, -0.25) is 9.78 Å². The lowest BCUT2D eigenvalue weighted by Crippen LogP contribution is -2.28. The predicted molar refractivity (Wildman–Crippen MR) is 74.2 cm³/mol. The van der Waals surface area contributed by atoms with E-state index in [0.717, 1.165) is 18.5 Å². The molecule has 22 heavy (non-hydrogen) atoms. The van der Waals surface area contributed by atoms with Gasteiger partial charge >= 0.3 is 6.18 Å². The van der Waals surface area contributed by atoms with E-state index >= 15 is 0 Å². The molecule has 0 aliphatic heterocycles. The van der Waals surface area contributed by atoms with Crippen LogP contribution < -0.4 is 5.32 Å². The number of nitrogens with zero attached hydrogens (tertiary/aromatic N) is 2. The van der Waals surface area contributed by atoms with Gasteiger partial charge in [-0.2, -0.15) is 13.2 Å². The number of hydrogen-bond donors (Lipinski definition) is 1. The van der Waals surface area contributed by atoms with Crippen molar-refractivity contribution in [3.63, 3.8) is 0 Å². The zero-order valence-electron chi connectivity index (χ0n) is 11.6. The van der Waals surface area contributed by atoms with Gasteiger partial charge < -0.3 is 9.84 Å². The summed E-state index contributed by atoms with van der Waals surface area (Å²) in [4.78, 5) is 15.7. The number of thioether (sulfide) groups is 1. The molecule has 2 aromatic rings. The molecule has 1 N–H and O–H groups in total. The predicted octanol–water partition coefficient (Wildman–Crippen LogP) is 3.19. The Morgan fingerprint density at radius 2 is 2.18 bits per heavy atom. The zero-order valence-corrected chi connectivity index (χ0v) is 12.5. The SMILES string of the molecule is CSC(NC(=O)c1cnccc1C(F)(F)F)c1cc(C)no1. The average Bonchev–Trinajstić information content (AvgIpc) is 2.90. The van der Waals surface area contributed by atoms with Gasteiger partial charge in [-0.25, -0.2) is 0 Å². The molecule has 9 heteroatoms. The van der Waals surface area contributed by atoms with E-state index in [1.165, 1.54) is 11.8 Å². The Labute approximate surface area is 128 Å². The topological polar surface area (TPSA) is 68.0 Å². The Hall–Kier alpha value is -2.03. The van der Waals surface area contributed by atoms with E-state index in [1.807, 2.05) is 0 Å². The van der Waals surface area contributed by atoms with Crippen LogP contribution in [0.25, 0.3) is 0 Å². The van der Waals surface area contributed by atoms with Gasteiger partial charge in [0.2, 0.25) is 0 Å². The zero-order chi connectivity index (χ0) is 16.3. The number of aryl methyl sites for hydroxylation is 1. The molecule has 0 fully saturated rings. The fourth-order valence-electron chi connectivity index (χ4n) is 1.77. The molecule has 118 valence electrons. The molecular weight excluding hydrogens is 319 g/mol. The van der Waals surface area contributed by atoms with Gasteiger partial charge in [0.15, 0.2) is 5.76 Å². The lowest BCUT2D eigenvalue weighted by Gasteiger charge is -2.16. The first-order valence-electron chi connectivity index (χ1n) is 6.11. The third-order valence-electron chi connectivity index (χ3n) is 2.77. The van der Waals surface area contributed by atoms with Crippen LogP contribution in [0.2, 0.25) is 0 Å². The summed E-state index contributed by atoms with van der Waals surface area (Å²) in [5.41, 5.74) is -0.959. The second-order valence-corrected chi connectivity index (χ2v) is 5.32. The highest BCUT2D eigenvalue weighted by Gasteiger charge is 2.35. The molecule has 0 saturated carbocycles. The monoisotopic (exact) mass is 331 g/mol. The second kappa shape index (κ2) is 6.39. The van der Waals surface area contributed by atoms with Crippen molar-refractivity contribution in [3.8, 4) is 0 Å². The van der Waals surface area contributed by atoms with E-state index < -0.39 is 28.6 Å². The fourth-order valence-corrected chi connectivity index (χ4v) is 2.34. The Morgan fingerprint density at radius 1 is 1.45 bits per heavy atom. The van der Waals surface area contributed by atoms with Crippen molar-refractivity contribution in [3.05, 3.63) is 47.1 Å². The molecule has 2 aromatic heterocycles. The van der Waals surface area contributed by atoms with Crippen LogP contribution in [0.5, 0.6) is 0 Å². The summed E-state index contributed by atoms with van der Waals surface area (Å²) in [5.74, 6) is -0.523. The summed E-state index contributed by atoms with van der Waals surface area (Å²) < 4.78 is 43.8. The summed E-state index contributed by atoms with van der Waals surface area (Å²) in [7, 11) is 0. The summed E-state index contributed by atoms with van der Waals surface area (Å²) in [6.07, 6.45) is -1.06. The molecule has 0 bridgehead atoms. The lowest BCUT2D eigenvalue weighted by molar-refractivity contribution is -0.138. The Morgan fingerprint density at radius 3 is 2.73 bits per heavy atom. The van der Waals surface area contributed by atoms with Crippen molar-refractivity contribution in [2.24, 2.45) is 0 Å². The molecule has 0 aliphatic carbocycles. The number of rotatable bonds is 4. The standard InChI is InChI=1S/C13H12F3N3O2S/c1-7-5-10(21-19-7)12(22-2)18-11(20)8-6-17-4-3-9(8)13(14,15)16/h3-6,12H,1-2H3,(H,18,20). The number of nitrogens with one attached hydrogen (secondary N) is 1. The molecule has 0 spiro atoms. The quantitative estimate of drug-likeness (QED) is 0.872. The molecule has 0 aliphatic rings. The van der Waals surface area contributed by atoms with Gasteiger partial charge in [-0.05, 0) is 19.2 Å². The van der Waals surface area contributed by atoms with Crippen molar-refractivity contribution < 1.29 is 22.5 Å². The number of aromatic nitrogens is 2. The maximum atomic E-state index is 12.9. The van der Waals surface area contributed by atoms with Crippen LogP contribution in [0.4, 0.5) is 13.2 Å². The maximum absolute atomic E-state index is 12.9. The van der Waals surface area contributed by atoms with Crippen molar-refractivity contribution in [1.82, 2.24) is 15.5 Å². The van der Waals surface area contributed by atoms with Crippen molar-refractivity contribution in [2.45, 2.75) is 18.5 Å². The van der Waals surface area contributed by atoms with Crippen LogP contribution in [0.15, 0.2) is 29.0 Å². The van der Waals surface area contributed by atoms with Crippen LogP contribution >= 0.6 is 11.8 Å². The highest BCUT2D eigenvalue weighted by Crippen LogP contribution is 2.32. The third kappa shape index (κ3) is 3.59. The first-order chi connectivity index (χ1) is 10.3. The molecule has 1 amide bonds. The molecular formula is C13H12F3N3O2S. The maximum Gasteiger partial charge on any atom is 0.417 e. The van der Waals surface area contributed by atoms with Crippen LogP contribution in [0.1, 0.15) is 32.7 Å². The van der Waals surface area contributed by atoms with Gasteiger partial charge in [0.1, 0.15) is 5.37 Å². The Bertz CT molecular complexity index is 673. The fraction of sp³-hybridized carbons (Fsp3) is 0.308. The van der Waals surface area contributed by atoms with E-state index in [4.69, 9.17) is 4.52 Å². The van der Waals surface area contributed by atoms with E-state index in [9.17, 15) is 18.0 Å². The molecule has 0 saturated heterocycles. The third-order valence-corrected chi connectivity index (χ3v) is 3.60. The number of pyridine rings is 1. The molecule has 2 rings (SSSR count). The summed E-state index contributed by atoms with van der Waals surface area (Å²) in [5, 5.41) is 5.52. The minimum Gasteiger partial charge on any atom is -0.358 e. The van der Waals surface area contributed by atoms with Gasteiger partial charge in [0.25, 0.3) is 5.91 Å². The van der Waals surface area contributed by atoms with Gasteiger partial charge in [0, 0.05) is 18.5 Å². The largest absolute Gasteiger partial charge is 0.417 e. The number of hydrogen-bond acceptors (Lipinski definition) is 5. The Balaban J connectivity index is 2.25. The summed E-state index contributed by atoms with van der Waals surface area (Å²) >= 11 is 1.21. The van der Waals surface area contributed by atoms with E-state index in [2.05, 4.69) is 15.5 Å². The van der Waals surface area contributed by atoms with E-state index in [-0.39, 0.29) is 0 Å². The molecule has 0 radical (unpaired) electrons. The van der Waals surface area contributed by atoms with Crippen LogP contribution in [-0.2, 0) is 6.18 Å². The number of amides is 1. The number of halogens is 3. The highest BCUT2D eigenvalue weighted by atomic mass is 32.2. The number of carbonyl (C=O) groups is 1. The molecule has 1 atom stereocenters. The molecule has 0 aromatic carbocycles. The van der Waals surface area contributed by atoms with Crippen molar-refractivity contribution >= 4 is 17.7 Å². The van der Waals surface area contributed by atoms with E-state index in [0.29, 0.717) is 11.5 Å². The van der Waals surface area contributed by atoms with Gasteiger partial charge in [0.05, 0.1) is 16.8 Å². The smallest absolute Gasteiger partial charge is 0.358 e. The summed E-state index contributed by atoms with van der Waals surface area (Å²) in [6.45, 7) is 1.70. The number of alkyl halides is 3. The number of carbonyl (C=O) groups excluding carboxylic acids is 1. The molecule has 5 nitrogen and oxygen atoms in total. The van der Waals surface area contributed by atoms with Gasteiger partial charge in [-0.1, -0.05) is 5.16 Å². The van der Waals surface area contributed by atoms with Gasteiger partial charge in [-0.15, -0.1) is 11.8 Å². The van der Waals surface area contributed by atoms with Crippen LogP contribution in [0.3, 0.4) is 0 Å². The minimum atomic E-state index is -4.63. The molecule has 2 heterocycles. The second-order valence-electron chi connectivity index (χ2n) is 4.38. The van der Waals surface area contributed by atoms with Crippen LogP contribution in [0, 0.1) is 6.92 Å². The van der Waals surface area contributed by atoms with Crippen molar-refractivity contribution in [2.75, 3.05) is 6.26 Å². The first-order valence-corrected chi connectivity index (χ1v) is 7.40. The lowest BCUT2D eigenvalue weighted by atomic mass is 10.1. The van der Waals surface area contributed by atoms with E-state index in [1.54, 1.807) is 19.2 Å². The minimum absolute atomic E-state index is 0.357. The average molecular weight is 331 g/mol. The van der Waals surface area contributed by atoms with Crippen LogP contribution in [-0.4, -0.2) is 22.3 Å².